The fourth-order valence-corrected chi connectivity index (χ4v) is 4.16. The second-order valence-corrected chi connectivity index (χ2v) is 9.53. The van der Waals surface area contributed by atoms with Crippen LogP contribution in [0.2, 0.25) is 0 Å². The van der Waals surface area contributed by atoms with Crippen molar-refractivity contribution in [2.24, 2.45) is 0 Å². The molecule has 1 unspecified atom stereocenters. The Balaban J connectivity index is 2.45. The number of aryl methyl sites for hydroxylation is 1. The Morgan fingerprint density at radius 2 is 2.00 bits per heavy atom. The predicted octanol–water partition coefficient (Wildman–Crippen LogP) is 2.62. The average molecular weight is 374 g/mol. The first-order valence-electron chi connectivity index (χ1n) is 6.89. The Morgan fingerprint density at radius 3 is 2.62 bits per heavy atom. The van der Waals surface area contributed by atoms with Gasteiger partial charge in [-0.05, 0) is 43.9 Å². The second kappa shape index (κ2) is 5.72. The standard InChI is InChI=1S/C15H20BrNO3S/c1-15(2,21(3,19)20)13(16)11-7-6-10-5-4-8-17-14(18)12(10)9-11/h6-7,9,13H,4-5,8H2,1-3H3,(H,17,18). The lowest BCUT2D eigenvalue weighted by molar-refractivity contribution is 0.0956. The number of halogens is 1. The number of fused-ring (bicyclic) bond motifs is 1. The molecule has 0 radical (unpaired) electrons. The molecule has 1 atom stereocenters. The molecular formula is C15H20BrNO3S. The zero-order valence-electron chi connectivity index (χ0n) is 12.4. The molecule has 0 aromatic heterocycles. The number of rotatable bonds is 3. The van der Waals surface area contributed by atoms with Crippen molar-refractivity contribution < 1.29 is 13.2 Å². The van der Waals surface area contributed by atoms with E-state index >= 15 is 0 Å². The number of benzene rings is 1. The third-order valence-electron chi connectivity index (χ3n) is 4.15. The predicted molar refractivity (Wildman–Crippen MR) is 87.7 cm³/mol. The minimum Gasteiger partial charge on any atom is -0.352 e. The number of amides is 1. The zero-order chi connectivity index (χ0) is 15.8. The first kappa shape index (κ1) is 16.5. The van der Waals surface area contributed by atoms with E-state index in [-0.39, 0.29) is 10.7 Å². The molecule has 0 spiro atoms. The summed E-state index contributed by atoms with van der Waals surface area (Å²) in [5.74, 6) is -0.0822. The zero-order valence-corrected chi connectivity index (χ0v) is 14.8. The Hall–Kier alpha value is -0.880. The van der Waals surface area contributed by atoms with Gasteiger partial charge >= 0.3 is 0 Å². The van der Waals surface area contributed by atoms with Gasteiger partial charge in [-0.25, -0.2) is 8.42 Å². The van der Waals surface area contributed by atoms with E-state index < -0.39 is 14.6 Å². The molecule has 1 aliphatic heterocycles. The van der Waals surface area contributed by atoms with Gasteiger partial charge in [-0.3, -0.25) is 4.79 Å². The molecule has 1 aromatic carbocycles. The van der Waals surface area contributed by atoms with Crippen LogP contribution in [0.4, 0.5) is 0 Å². The Morgan fingerprint density at radius 1 is 1.33 bits per heavy atom. The van der Waals surface area contributed by atoms with E-state index in [1.807, 2.05) is 18.2 Å². The first-order valence-corrected chi connectivity index (χ1v) is 9.70. The lowest BCUT2D eigenvalue weighted by atomic mass is 9.95. The normalized spacial score (nSPS) is 17.6. The molecule has 0 fully saturated rings. The van der Waals surface area contributed by atoms with Crippen LogP contribution in [0.3, 0.4) is 0 Å². The summed E-state index contributed by atoms with van der Waals surface area (Å²) in [6, 6.07) is 5.65. The van der Waals surface area contributed by atoms with Gasteiger partial charge in [0, 0.05) is 18.4 Å². The quantitative estimate of drug-likeness (QED) is 0.828. The van der Waals surface area contributed by atoms with Crippen LogP contribution in [-0.2, 0) is 16.3 Å². The van der Waals surface area contributed by atoms with Gasteiger partial charge in [-0.2, -0.15) is 0 Å². The number of alkyl halides is 1. The Kier molecular flexibility index (Phi) is 4.49. The molecule has 2 rings (SSSR count). The topological polar surface area (TPSA) is 63.2 Å². The highest BCUT2D eigenvalue weighted by molar-refractivity contribution is 9.09. The van der Waals surface area contributed by atoms with E-state index in [1.165, 1.54) is 6.26 Å². The molecule has 1 amide bonds. The molecule has 21 heavy (non-hydrogen) atoms. The monoisotopic (exact) mass is 373 g/mol. The molecule has 1 heterocycles. The van der Waals surface area contributed by atoms with Crippen molar-refractivity contribution in [2.45, 2.75) is 36.3 Å². The van der Waals surface area contributed by atoms with Crippen LogP contribution in [0, 0.1) is 0 Å². The minimum absolute atomic E-state index is 0.0822. The Bertz CT molecular complexity index is 667. The minimum atomic E-state index is -3.24. The number of nitrogens with one attached hydrogen (secondary N) is 1. The lowest BCUT2D eigenvalue weighted by Crippen LogP contribution is -2.35. The molecular weight excluding hydrogens is 354 g/mol. The number of carbonyl (C=O) groups excluding carboxylic acids is 1. The summed E-state index contributed by atoms with van der Waals surface area (Å²) < 4.78 is 23.0. The van der Waals surface area contributed by atoms with Gasteiger partial charge in [0.05, 0.1) is 9.57 Å². The fraction of sp³-hybridized carbons (Fsp3) is 0.533. The molecule has 6 heteroatoms. The number of sulfone groups is 1. The molecule has 1 aliphatic rings. The van der Waals surface area contributed by atoms with Crippen molar-refractivity contribution >= 4 is 31.7 Å². The van der Waals surface area contributed by atoms with Crippen LogP contribution in [0.5, 0.6) is 0 Å². The van der Waals surface area contributed by atoms with E-state index in [0.29, 0.717) is 12.1 Å². The molecule has 0 bridgehead atoms. The SMILES string of the molecule is CC(C)(C(Br)c1ccc2c(c1)C(=O)NCCC2)S(C)(=O)=O. The lowest BCUT2D eigenvalue weighted by Gasteiger charge is -2.29. The summed E-state index contributed by atoms with van der Waals surface area (Å²) in [5, 5.41) is 2.86. The average Bonchev–Trinajstić information content (AvgIpc) is 2.58. The van der Waals surface area contributed by atoms with Crippen molar-refractivity contribution in [3.05, 3.63) is 34.9 Å². The maximum atomic E-state index is 12.1. The molecule has 0 saturated heterocycles. The van der Waals surface area contributed by atoms with E-state index in [2.05, 4.69) is 21.2 Å². The summed E-state index contributed by atoms with van der Waals surface area (Å²) in [7, 11) is -3.24. The third-order valence-corrected chi connectivity index (χ3v) is 8.27. The van der Waals surface area contributed by atoms with Gasteiger partial charge < -0.3 is 5.32 Å². The number of hydrogen-bond acceptors (Lipinski definition) is 3. The van der Waals surface area contributed by atoms with E-state index in [9.17, 15) is 13.2 Å². The van der Waals surface area contributed by atoms with Crippen molar-refractivity contribution in [1.82, 2.24) is 5.32 Å². The third kappa shape index (κ3) is 3.16. The van der Waals surface area contributed by atoms with Crippen LogP contribution in [0.1, 0.15) is 46.6 Å². The highest BCUT2D eigenvalue weighted by Gasteiger charge is 2.38. The van der Waals surface area contributed by atoms with E-state index in [1.54, 1.807) is 13.8 Å². The maximum Gasteiger partial charge on any atom is 0.251 e. The first-order chi connectivity index (χ1) is 9.64. The van der Waals surface area contributed by atoms with E-state index in [4.69, 9.17) is 0 Å². The smallest absolute Gasteiger partial charge is 0.251 e. The maximum absolute atomic E-state index is 12.1. The summed E-state index contributed by atoms with van der Waals surface area (Å²) in [5.41, 5.74) is 2.48. The highest BCUT2D eigenvalue weighted by Crippen LogP contribution is 2.39. The van der Waals surface area contributed by atoms with Crippen molar-refractivity contribution in [3.63, 3.8) is 0 Å². The van der Waals surface area contributed by atoms with Gasteiger partial charge in [-0.15, -0.1) is 0 Å². The number of carbonyl (C=O) groups is 1. The largest absolute Gasteiger partial charge is 0.352 e. The second-order valence-electron chi connectivity index (χ2n) is 6.01. The summed E-state index contributed by atoms with van der Waals surface area (Å²) in [6.07, 6.45) is 3.01. The fourth-order valence-electron chi connectivity index (χ4n) is 2.35. The van der Waals surface area contributed by atoms with Crippen molar-refractivity contribution in [2.75, 3.05) is 12.8 Å². The summed E-state index contributed by atoms with van der Waals surface area (Å²) >= 11 is 3.50. The van der Waals surface area contributed by atoms with Crippen LogP contribution in [0.25, 0.3) is 0 Å². The Labute approximate surface area is 134 Å². The highest BCUT2D eigenvalue weighted by atomic mass is 79.9. The van der Waals surface area contributed by atoms with Gasteiger partial charge in [0.15, 0.2) is 9.84 Å². The summed E-state index contributed by atoms with van der Waals surface area (Å²) in [6.45, 7) is 4.05. The molecule has 0 aliphatic carbocycles. The number of hydrogen-bond donors (Lipinski definition) is 1. The van der Waals surface area contributed by atoms with E-state index in [0.717, 1.165) is 24.0 Å². The van der Waals surface area contributed by atoms with Crippen LogP contribution in [-0.4, -0.2) is 31.9 Å². The van der Waals surface area contributed by atoms with Gasteiger partial charge in [0.1, 0.15) is 0 Å². The summed E-state index contributed by atoms with van der Waals surface area (Å²) in [4.78, 5) is 11.7. The molecule has 1 N–H and O–H groups in total. The van der Waals surface area contributed by atoms with Crippen molar-refractivity contribution in [3.8, 4) is 0 Å². The molecule has 116 valence electrons. The molecule has 4 nitrogen and oxygen atoms in total. The van der Waals surface area contributed by atoms with Crippen molar-refractivity contribution in [1.29, 1.82) is 0 Å². The molecule has 1 aromatic rings. The van der Waals surface area contributed by atoms with Crippen LogP contribution >= 0.6 is 15.9 Å². The van der Waals surface area contributed by atoms with Gasteiger partial charge in [0.25, 0.3) is 5.91 Å². The molecule has 0 saturated carbocycles. The van der Waals surface area contributed by atoms with Gasteiger partial charge in [0.2, 0.25) is 0 Å². The van der Waals surface area contributed by atoms with Crippen LogP contribution < -0.4 is 5.32 Å². The van der Waals surface area contributed by atoms with Gasteiger partial charge in [-0.1, -0.05) is 28.1 Å². The van der Waals surface area contributed by atoms with Crippen LogP contribution in [0.15, 0.2) is 18.2 Å².